The number of benzene rings is 3. The highest BCUT2D eigenvalue weighted by Gasteiger charge is 2.14. The molecule has 1 aromatic heterocycles. The van der Waals surface area contributed by atoms with E-state index in [2.05, 4.69) is 30.4 Å². The van der Waals surface area contributed by atoms with Gasteiger partial charge in [-0.05, 0) is 35.9 Å². The summed E-state index contributed by atoms with van der Waals surface area (Å²) in [5.41, 5.74) is 2.47. The van der Waals surface area contributed by atoms with Crippen LogP contribution in [-0.2, 0) is 6.54 Å². The number of rotatable bonds is 4. The summed E-state index contributed by atoms with van der Waals surface area (Å²) in [4.78, 5) is 12.0. The smallest absolute Gasteiger partial charge is 0.336 e. The Morgan fingerprint density at radius 1 is 1.04 bits per heavy atom. The molecule has 0 fully saturated rings. The van der Waals surface area contributed by atoms with E-state index in [0.717, 1.165) is 32.3 Å². The lowest BCUT2D eigenvalue weighted by atomic mass is 10.0. The van der Waals surface area contributed by atoms with E-state index in [-0.39, 0.29) is 11.7 Å². The van der Waals surface area contributed by atoms with Gasteiger partial charge in [-0.1, -0.05) is 54.1 Å². The molecule has 0 amide bonds. The fourth-order valence-corrected chi connectivity index (χ4v) is 3.61. The minimum absolute atomic E-state index is 0.228. The maximum absolute atomic E-state index is 12.0. The Morgan fingerprint density at radius 2 is 1.88 bits per heavy atom. The number of hydrogen-bond acceptors (Lipinski definition) is 2. The van der Waals surface area contributed by atoms with Crippen molar-refractivity contribution in [3.63, 3.8) is 0 Å². The lowest BCUT2D eigenvalue weighted by Crippen LogP contribution is -2.83. The average Bonchev–Trinajstić information content (AvgIpc) is 2.65. The fraction of sp³-hybridized carbons (Fsp3) is 0.136. The Labute approximate surface area is 156 Å². The molecule has 0 spiro atoms. The first kappa shape index (κ1) is 16.8. The quantitative estimate of drug-likeness (QED) is 0.430. The molecule has 1 atom stereocenters. The van der Waals surface area contributed by atoms with E-state index in [1.54, 1.807) is 6.07 Å². The summed E-state index contributed by atoms with van der Waals surface area (Å²) in [5.74, 6) is 0. The van der Waals surface area contributed by atoms with E-state index in [9.17, 15) is 4.79 Å². The first-order valence-corrected chi connectivity index (χ1v) is 9.03. The summed E-state index contributed by atoms with van der Waals surface area (Å²) in [6.07, 6.45) is 0. The van der Waals surface area contributed by atoms with Gasteiger partial charge in [0, 0.05) is 27.6 Å². The van der Waals surface area contributed by atoms with Gasteiger partial charge in [-0.15, -0.1) is 0 Å². The number of nitrogens with two attached hydrogens (primary N) is 1. The van der Waals surface area contributed by atoms with Crippen LogP contribution in [0.1, 0.15) is 24.1 Å². The predicted molar refractivity (Wildman–Crippen MR) is 105 cm³/mol. The van der Waals surface area contributed by atoms with Gasteiger partial charge in [0.05, 0.1) is 0 Å². The maximum Gasteiger partial charge on any atom is 0.336 e. The minimum Gasteiger partial charge on any atom is -0.423 e. The molecule has 4 rings (SSSR count). The second-order valence-electron chi connectivity index (χ2n) is 6.53. The van der Waals surface area contributed by atoms with E-state index in [1.165, 1.54) is 0 Å². The first-order valence-electron chi connectivity index (χ1n) is 8.65. The zero-order valence-corrected chi connectivity index (χ0v) is 15.2. The lowest BCUT2D eigenvalue weighted by molar-refractivity contribution is -0.707. The van der Waals surface area contributed by atoms with Crippen molar-refractivity contribution in [1.82, 2.24) is 0 Å². The molecule has 0 aliphatic heterocycles. The molecule has 1 heterocycles. The van der Waals surface area contributed by atoms with Crippen molar-refractivity contribution >= 4 is 33.3 Å². The molecule has 4 aromatic rings. The van der Waals surface area contributed by atoms with Crippen molar-refractivity contribution in [2.24, 2.45) is 0 Å². The molecule has 0 bridgehead atoms. The molecule has 2 N–H and O–H groups in total. The van der Waals surface area contributed by atoms with Crippen molar-refractivity contribution in [2.75, 3.05) is 0 Å². The van der Waals surface area contributed by atoms with Crippen LogP contribution in [0.4, 0.5) is 0 Å². The zero-order chi connectivity index (χ0) is 18.1. The van der Waals surface area contributed by atoms with Crippen molar-refractivity contribution in [1.29, 1.82) is 0 Å². The predicted octanol–water partition coefficient (Wildman–Crippen LogP) is 4.42. The Hall–Kier alpha value is -2.62. The monoisotopic (exact) mass is 364 g/mol. The van der Waals surface area contributed by atoms with Crippen LogP contribution in [0.2, 0.25) is 5.02 Å². The highest BCUT2D eigenvalue weighted by atomic mass is 35.5. The molecule has 0 aliphatic rings. The summed E-state index contributed by atoms with van der Waals surface area (Å²) in [5, 5.41) is 6.20. The van der Waals surface area contributed by atoms with Gasteiger partial charge in [0.15, 0.2) is 0 Å². The molecule has 0 aliphatic carbocycles. The van der Waals surface area contributed by atoms with Gasteiger partial charge in [0.1, 0.15) is 18.2 Å². The van der Waals surface area contributed by atoms with Gasteiger partial charge in [-0.2, -0.15) is 0 Å². The third-order valence-corrected chi connectivity index (χ3v) is 5.02. The van der Waals surface area contributed by atoms with Gasteiger partial charge in [0.2, 0.25) is 0 Å². The van der Waals surface area contributed by atoms with E-state index in [1.807, 2.05) is 42.5 Å². The van der Waals surface area contributed by atoms with Crippen molar-refractivity contribution < 1.29 is 9.73 Å². The summed E-state index contributed by atoms with van der Waals surface area (Å²) in [6, 6.07) is 21.8. The van der Waals surface area contributed by atoms with Gasteiger partial charge >= 0.3 is 5.63 Å². The summed E-state index contributed by atoms with van der Waals surface area (Å²) < 4.78 is 5.43. The fourth-order valence-electron chi connectivity index (χ4n) is 3.41. The van der Waals surface area contributed by atoms with E-state index in [4.69, 9.17) is 16.0 Å². The number of halogens is 1. The molecule has 130 valence electrons. The van der Waals surface area contributed by atoms with E-state index >= 15 is 0 Å². The third kappa shape index (κ3) is 3.24. The lowest BCUT2D eigenvalue weighted by Gasteiger charge is -2.13. The Bertz CT molecular complexity index is 1150. The molecule has 26 heavy (non-hydrogen) atoms. The van der Waals surface area contributed by atoms with Gasteiger partial charge in [-0.3, -0.25) is 0 Å². The summed E-state index contributed by atoms with van der Waals surface area (Å²) >= 11 is 6.10. The molecule has 0 saturated carbocycles. The van der Waals surface area contributed by atoms with E-state index < -0.39 is 0 Å². The molecule has 4 heteroatoms. The minimum atomic E-state index is -0.313. The van der Waals surface area contributed by atoms with Crippen LogP contribution in [0, 0.1) is 0 Å². The topological polar surface area (TPSA) is 46.8 Å². The zero-order valence-electron chi connectivity index (χ0n) is 14.4. The number of quaternary nitrogens is 1. The van der Waals surface area contributed by atoms with Crippen LogP contribution < -0.4 is 10.9 Å². The molecule has 0 unspecified atom stereocenters. The Morgan fingerprint density at radius 3 is 2.73 bits per heavy atom. The van der Waals surface area contributed by atoms with Crippen LogP contribution in [0.5, 0.6) is 0 Å². The van der Waals surface area contributed by atoms with Crippen LogP contribution in [-0.4, -0.2) is 0 Å². The normalized spacial score (nSPS) is 12.5. The first-order chi connectivity index (χ1) is 12.6. The largest absolute Gasteiger partial charge is 0.423 e. The van der Waals surface area contributed by atoms with E-state index in [0.29, 0.717) is 12.1 Å². The Balaban J connectivity index is 1.74. The van der Waals surface area contributed by atoms with Gasteiger partial charge in [0.25, 0.3) is 0 Å². The van der Waals surface area contributed by atoms with Crippen molar-refractivity contribution in [2.45, 2.75) is 19.5 Å². The van der Waals surface area contributed by atoms with Crippen LogP contribution in [0.25, 0.3) is 21.7 Å². The molecule has 0 saturated heterocycles. The van der Waals surface area contributed by atoms with Crippen LogP contribution >= 0.6 is 11.6 Å². The second-order valence-corrected chi connectivity index (χ2v) is 6.97. The van der Waals surface area contributed by atoms with Gasteiger partial charge < -0.3 is 9.73 Å². The maximum atomic E-state index is 12.0. The second kappa shape index (κ2) is 6.94. The molecule has 0 radical (unpaired) electrons. The highest BCUT2D eigenvalue weighted by molar-refractivity contribution is 6.30. The summed E-state index contributed by atoms with van der Waals surface area (Å²) in [7, 11) is 0. The van der Waals surface area contributed by atoms with Crippen LogP contribution in [0.15, 0.2) is 75.9 Å². The van der Waals surface area contributed by atoms with Crippen molar-refractivity contribution in [3.05, 3.63) is 93.3 Å². The molecular weight excluding hydrogens is 346 g/mol. The standard InChI is InChI=1S/C22H18ClNO2/c1-14(16-6-4-7-18(23)11-16)24-13-17-12-21(25)26-20-10-9-15-5-2-3-8-19(15)22(17)20/h2-12,14,24H,13H2,1H3/p+1/t14-/m0/s1. The average molecular weight is 365 g/mol. The van der Waals surface area contributed by atoms with Crippen LogP contribution in [0.3, 0.4) is 0 Å². The highest BCUT2D eigenvalue weighted by Crippen LogP contribution is 2.27. The molecular formula is C22H19ClNO2+. The molecule has 3 nitrogen and oxygen atoms in total. The summed E-state index contributed by atoms with van der Waals surface area (Å²) in [6.45, 7) is 2.82. The van der Waals surface area contributed by atoms with Crippen molar-refractivity contribution in [3.8, 4) is 0 Å². The Kier molecular flexibility index (Phi) is 4.49. The molecule has 3 aromatic carbocycles. The SMILES string of the molecule is C[C@H]([NH2+]Cc1cc(=O)oc2ccc3ccccc3c12)c1cccc(Cl)c1. The van der Waals surface area contributed by atoms with Gasteiger partial charge in [-0.25, -0.2) is 4.79 Å². The number of hydrogen-bond donors (Lipinski definition) is 1. The third-order valence-electron chi connectivity index (χ3n) is 4.78. The number of fused-ring (bicyclic) bond motifs is 3.